The minimum Gasteiger partial charge on any atom is -0.399 e. The summed E-state index contributed by atoms with van der Waals surface area (Å²) in [6, 6.07) is 16.8. The van der Waals surface area contributed by atoms with Crippen LogP contribution in [0, 0.1) is 55.4 Å². The van der Waals surface area contributed by atoms with Crippen LogP contribution in [0.5, 0.6) is 0 Å². The van der Waals surface area contributed by atoms with E-state index < -0.39 is 0 Å². The number of nitrogens with two attached hydrogens (primary N) is 2. The molecule has 4 aromatic rings. The Morgan fingerprint density at radius 2 is 0.531 bits per heavy atom. The Morgan fingerprint density at radius 3 is 0.796 bits per heavy atom. The molecule has 4 rings (SSSR count). The van der Waals surface area contributed by atoms with Crippen molar-refractivity contribution in [2.24, 2.45) is 0 Å². The van der Waals surface area contributed by atoms with E-state index in [-0.39, 0.29) is 0 Å². The Bertz CT molecular complexity index is 1470. The van der Waals surface area contributed by atoms with Gasteiger partial charge >= 0.3 is 0 Å². The largest absolute Gasteiger partial charge is 0.399 e. The Labute approximate surface area is 300 Å². The minimum absolute atomic E-state index is 0.835. The minimum atomic E-state index is 0.835. The molecule has 4 N–H and O–H groups in total. The second-order valence-corrected chi connectivity index (χ2v) is 15.1. The van der Waals surface area contributed by atoms with Gasteiger partial charge < -0.3 is 11.5 Å². The molecule has 4 aromatic carbocycles. The van der Waals surface area contributed by atoms with Crippen LogP contribution in [0.3, 0.4) is 0 Å². The third-order valence-electron chi connectivity index (χ3n) is 11.9. The van der Waals surface area contributed by atoms with E-state index in [2.05, 4.69) is 79.7 Å². The maximum atomic E-state index is 5.91. The maximum Gasteiger partial charge on any atom is 0.0314 e. The smallest absolute Gasteiger partial charge is 0.0314 e. The Morgan fingerprint density at radius 1 is 0.306 bits per heavy atom. The number of nitrogen functional groups attached to an aromatic ring is 2. The normalized spacial score (nSPS) is 11.4. The zero-order chi connectivity index (χ0) is 35.5. The highest BCUT2D eigenvalue weighted by atomic mass is 14.5. The first kappa shape index (κ1) is 38.3. The number of hydrogen-bond donors (Lipinski definition) is 2. The van der Waals surface area contributed by atoms with Gasteiger partial charge in [0.25, 0.3) is 0 Å². The van der Waals surface area contributed by atoms with Crippen LogP contribution in [0.1, 0.15) is 149 Å². The van der Waals surface area contributed by atoms with Gasteiger partial charge in [-0.3, -0.25) is 0 Å². The van der Waals surface area contributed by atoms with Gasteiger partial charge in [-0.05, 0) is 196 Å². The van der Waals surface area contributed by atoms with Crippen molar-refractivity contribution in [1.29, 1.82) is 0 Å². The number of anilines is 2. The zero-order valence-corrected chi connectivity index (χ0v) is 32.4. The number of unbranched alkanes of at least 4 members (excludes halogenated alkanes) is 10. The molecule has 0 spiro atoms. The monoisotopic (exact) mass is 659 g/mol. The summed E-state index contributed by atoms with van der Waals surface area (Å²) in [5, 5.41) is 0. The molecular formula is C47H66N2. The van der Waals surface area contributed by atoms with Crippen molar-refractivity contribution < 1.29 is 0 Å². The SMILES string of the molecule is Cc1c(C)c(Cc2ccc(N)cc2)c(C)c(C)c1CCCCCCCCCCCCCc1c(C)c(C)c(Cc2ccc(N)cc2)c(C)c1C. The van der Waals surface area contributed by atoms with Crippen LogP contribution in [-0.4, -0.2) is 0 Å². The molecule has 49 heavy (non-hydrogen) atoms. The molecule has 0 aliphatic heterocycles. The van der Waals surface area contributed by atoms with Crippen LogP contribution >= 0.6 is 0 Å². The molecule has 0 aliphatic carbocycles. The van der Waals surface area contributed by atoms with E-state index in [0.717, 1.165) is 24.2 Å². The molecule has 0 aromatic heterocycles. The second-order valence-electron chi connectivity index (χ2n) is 15.1. The van der Waals surface area contributed by atoms with Crippen LogP contribution in [0.15, 0.2) is 48.5 Å². The summed E-state index contributed by atoms with van der Waals surface area (Å²) >= 11 is 0. The Balaban J connectivity index is 1.10. The van der Waals surface area contributed by atoms with Crippen LogP contribution in [0.25, 0.3) is 0 Å². The first-order valence-electron chi connectivity index (χ1n) is 19.3. The van der Waals surface area contributed by atoms with Gasteiger partial charge in [0.1, 0.15) is 0 Å². The lowest BCUT2D eigenvalue weighted by Crippen LogP contribution is -2.06. The Hall–Kier alpha value is -3.52. The predicted molar refractivity (Wildman–Crippen MR) is 216 cm³/mol. The number of rotatable bonds is 18. The molecule has 0 saturated carbocycles. The van der Waals surface area contributed by atoms with E-state index in [1.54, 1.807) is 11.1 Å². The van der Waals surface area contributed by atoms with Crippen LogP contribution < -0.4 is 11.5 Å². The van der Waals surface area contributed by atoms with Crippen molar-refractivity contribution >= 4 is 11.4 Å². The van der Waals surface area contributed by atoms with Crippen LogP contribution in [0.4, 0.5) is 11.4 Å². The lowest BCUT2D eigenvalue weighted by Gasteiger charge is -2.21. The summed E-state index contributed by atoms with van der Waals surface area (Å²) in [7, 11) is 0. The lowest BCUT2D eigenvalue weighted by atomic mass is 9.84. The summed E-state index contributed by atoms with van der Waals surface area (Å²) in [4.78, 5) is 0. The van der Waals surface area contributed by atoms with Crippen molar-refractivity contribution in [3.63, 3.8) is 0 Å². The predicted octanol–water partition coefficient (Wildman–Crippen LogP) is 12.6. The fourth-order valence-corrected chi connectivity index (χ4v) is 8.09. The average Bonchev–Trinajstić information content (AvgIpc) is 3.09. The zero-order valence-electron chi connectivity index (χ0n) is 32.4. The molecule has 0 amide bonds. The molecule has 0 saturated heterocycles. The third kappa shape index (κ3) is 10.3. The maximum absolute atomic E-state index is 5.91. The fraction of sp³-hybridized carbons (Fsp3) is 0.489. The molecule has 2 nitrogen and oxygen atoms in total. The van der Waals surface area contributed by atoms with Crippen LogP contribution in [0.2, 0.25) is 0 Å². The Kier molecular flexibility index (Phi) is 14.4. The van der Waals surface area contributed by atoms with E-state index in [0.29, 0.717) is 0 Å². The summed E-state index contributed by atoms with van der Waals surface area (Å²) in [6.45, 7) is 18.7. The van der Waals surface area contributed by atoms with Gasteiger partial charge in [0.2, 0.25) is 0 Å². The first-order chi connectivity index (χ1) is 23.5. The van der Waals surface area contributed by atoms with Gasteiger partial charge in [0, 0.05) is 11.4 Å². The number of hydrogen-bond acceptors (Lipinski definition) is 2. The molecule has 0 radical (unpaired) electrons. The average molecular weight is 659 g/mol. The molecule has 0 fully saturated rings. The van der Waals surface area contributed by atoms with Gasteiger partial charge in [-0.2, -0.15) is 0 Å². The highest BCUT2D eigenvalue weighted by Gasteiger charge is 2.16. The van der Waals surface area contributed by atoms with Gasteiger partial charge in [0.15, 0.2) is 0 Å². The van der Waals surface area contributed by atoms with Crippen molar-refractivity contribution in [1.82, 2.24) is 0 Å². The quantitative estimate of drug-likeness (QED) is 0.0825. The van der Waals surface area contributed by atoms with Gasteiger partial charge in [0.05, 0.1) is 0 Å². The van der Waals surface area contributed by atoms with Crippen LogP contribution in [-0.2, 0) is 25.7 Å². The van der Waals surface area contributed by atoms with Crippen molar-refractivity contribution in [2.45, 2.75) is 152 Å². The highest BCUT2D eigenvalue weighted by molar-refractivity contribution is 5.53. The van der Waals surface area contributed by atoms with Crippen molar-refractivity contribution in [3.05, 3.63) is 126 Å². The molecular weight excluding hydrogens is 593 g/mol. The van der Waals surface area contributed by atoms with E-state index in [1.165, 1.54) is 150 Å². The lowest BCUT2D eigenvalue weighted by molar-refractivity contribution is 0.545. The topological polar surface area (TPSA) is 52.0 Å². The number of benzene rings is 4. The highest BCUT2D eigenvalue weighted by Crippen LogP contribution is 2.32. The summed E-state index contributed by atoms with van der Waals surface area (Å²) in [6.07, 6.45) is 19.5. The van der Waals surface area contributed by atoms with Crippen molar-refractivity contribution in [3.8, 4) is 0 Å². The third-order valence-corrected chi connectivity index (χ3v) is 11.9. The molecule has 0 atom stereocenters. The van der Waals surface area contributed by atoms with E-state index in [4.69, 9.17) is 11.5 Å². The fourth-order valence-electron chi connectivity index (χ4n) is 8.09. The van der Waals surface area contributed by atoms with E-state index >= 15 is 0 Å². The molecule has 264 valence electrons. The van der Waals surface area contributed by atoms with Gasteiger partial charge in [-0.1, -0.05) is 82.1 Å². The second kappa shape index (κ2) is 18.5. The first-order valence-corrected chi connectivity index (χ1v) is 19.3. The molecule has 0 aliphatic rings. The molecule has 0 bridgehead atoms. The van der Waals surface area contributed by atoms with Crippen molar-refractivity contribution in [2.75, 3.05) is 11.5 Å². The summed E-state index contributed by atoms with van der Waals surface area (Å²) in [5.41, 5.74) is 34.3. The molecule has 0 unspecified atom stereocenters. The van der Waals surface area contributed by atoms with E-state index in [9.17, 15) is 0 Å². The summed E-state index contributed by atoms with van der Waals surface area (Å²) < 4.78 is 0. The molecule has 0 heterocycles. The summed E-state index contributed by atoms with van der Waals surface area (Å²) in [5.74, 6) is 0. The van der Waals surface area contributed by atoms with E-state index in [1.807, 2.05) is 24.3 Å². The van der Waals surface area contributed by atoms with Gasteiger partial charge in [-0.25, -0.2) is 0 Å². The van der Waals surface area contributed by atoms with Gasteiger partial charge in [-0.15, -0.1) is 0 Å². The standard InChI is InChI=1S/C47H66N2/c1-32-36(5)46(30-40-22-26-42(48)27-23-40)37(6)33(2)44(32)20-18-16-14-12-10-9-11-13-15-17-19-21-45-34(3)38(7)47(39(8)35(45)4)31-41-24-28-43(49)29-25-41/h22-29H,9-21,30-31,48-49H2,1-8H3. The molecule has 2 heteroatoms.